The molecule has 0 saturated carbocycles. The number of furan rings is 2. The Labute approximate surface area is 316 Å². The van der Waals surface area contributed by atoms with Crippen LogP contribution in [0.3, 0.4) is 0 Å². The Balaban J connectivity index is 1.32. The standard InChI is InChI=1S/C50H29BN2O2/c1-3-16-30(17-4-1)52-38-26-15-27-39-46(38)51(44-32-20-7-9-22-34(32)49-42(47(44)52)36-24-11-13-28-40(36)54-49)45-33-21-8-10-23-35(33)50-43(37-25-12-14-29-41(37)55-50)48(45)53(39)31-18-5-2-6-19-31/h1-29H. The Morgan fingerprint density at radius 1 is 0.327 bits per heavy atom. The van der Waals surface area contributed by atoms with E-state index in [0.29, 0.717) is 0 Å². The van der Waals surface area contributed by atoms with Gasteiger partial charge in [-0.2, -0.15) is 0 Å². The molecule has 9 aromatic carbocycles. The molecule has 0 saturated heterocycles. The normalized spacial score (nSPS) is 13.3. The molecule has 0 amide bonds. The molecule has 0 spiro atoms. The van der Waals surface area contributed by atoms with Crippen molar-refractivity contribution in [2.24, 2.45) is 0 Å². The van der Waals surface area contributed by atoms with Crippen LogP contribution >= 0.6 is 0 Å². The number of nitrogens with zero attached hydrogens (tertiary/aromatic N) is 2. The maximum absolute atomic E-state index is 6.87. The third-order valence-corrected chi connectivity index (χ3v) is 12.0. The van der Waals surface area contributed by atoms with Gasteiger partial charge in [-0.25, -0.2) is 0 Å². The highest BCUT2D eigenvalue weighted by molar-refractivity contribution is 7.03. The molecule has 55 heavy (non-hydrogen) atoms. The number of benzene rings is 9. The second kappa shape index (κ2) is 10.7. The van der Waals surface area contributed by atoms with Crippen molar-refractivity contribution >= 4 is 123 Å². The summed E-state index contributed by atoms with van der Waals surface area (Å²) in [6.07, 6.45) is 0. The lowest BCUT2D eigenvalue weighted by Gasteiger charge is -2.45. The van der Waals surface area contributed by atoms with Crippen molar-refractivity contribution in [3.05, 3.63) is 176 Å². The van der Waals surface area contributed by atoms with E-state index in [-0.39, 0.29) is 6.71 Å². The molecule has 4 nitrogen and oxygen atoms in total. The Morgan fingerprint density at radius 2 is 0.709 bits per heavy atom. The molecule has 2 aliphatic heterocycles. The fraction of sp³-hybridized carbons (Fsp3) is 0. The average Bonchev–Trinajstić information content (AvgIpc) is 3.84. The van der Waals surface area contributed by atoms with Crippen molar-refractivity contribution in [1.82, 2.24) is 0 Å². The summed E-state index contributed by atoms with van der Waals surface area (Å²) in [4.78, 5) is 5.01. The summed E-state index contributed by atoms with van der Waals surface area (Å²) in [5.74, 6) is 0. The van der Waals surface area contributed by atoms with Gasteiger partial charge in [0.15, 0.2) is 0 Å². The SMILES string of the molecule is c1ccc(N2c3cccc4c3B(c3c2c2c5ccccc5oc2c2ccccc32)c2c(c3c5ccccc5oc3c3ccccc23)N4c2ccccc2)cc1. The summed E-state index contributed by atoms with van der Waals surface area (Å²) < 4.78 is 13.7. The fourth-order valence-electron chi connectivity index (χ4n) is 9.94. The monoisotopic (exact) mass is 700 g/mol. The highest BCUT2D eigenvalue weighted by Crippen LogP contribution is 2.52. The molecule has 2 aromatic heterocycles. The van der Waals surface area contributed by atoms with Gasteiger partial charge < -0.3 is 18.6 Å². The number of hydrogen-bond acceptors (Lipinski definition) is 4. The zero-order valence-corrected chi connectivity index (χ0v) is 29.5. The van der Waals surface area contributed by atoms with Crippen molar-refractivity contribution in [2.45, 2.75) is 0 Å². The van der Waals surface area contributed by atoms with Gasteiger partial charge in [0.05, 0.1) is 22.1 Å². The van der Waals surface area contributed by atoms with Gasteiger partial charge in [0.1, 0.15) is 22.3 Å². The smallest absolute Gasteiger partial charge is 0.253 e. The number of hydrogen-bond donors (Lipinski definition) is 0. The van der Waals surface area contributed by atoms with Gasteiger partial charge in [-0.1, -0.05) is 127 Å². The molecular formula is C50H29BN2O2. The summed E-state index contributed by atoms with van der Waals surface area (Å²) in [6, 6.07) is 63.3. The van der Waals surface area contributed by atoms with Crippen LogP contribution in [0.5, 0.6) is 0 Å². The van der Waals surface area contributed by atoms with Crippen LogP contribution in [-0.4, -0.2) is 6.71 Å². The maximum Gasteiger partial charge on any atom is 0.253 e. The fourth-order valence-corrected chi connectivity index (χ4v) is 9.94. The van der Waals surface area contributed by atoms with Crippen molar-refractivity contribution in [1.29, 1.82) is 0 Å². The van der Waals surface area contributed by atoms with Crippen molar-refractivity contribution in [3.8, 4) is 0 Å². The van der Waals surface area contributed by atoms with Crippen LogP contribution in [0.25, 0.3) is 65.4 Å². The molecule has 0 radical (unpaired) electrons. The van der Waals surface area contributed by atoms with Crippen LogP contribution in [-0.2, 0) is 0 Å². The van der Waals surface area contributed by atoms with E-state index >= 15 is 0 Å². The summed E-state index contributed by atoms with van der Waals surface area (Å²) in [5.41, 5.74) is 14.3. The lowest BCUT2D eigenvalue weighted by molar-refractivity contribution is 0.672. The van der Waals surface area contributed by atoms with Gasteiger partial charge in [-0.3, -0.25) is 0 Å². The predicted molar refractivity (Wildman–Crippen MR) is 230 cm³/mol. The lowest BCUT2D eigenvalue weighted by Crippen LogP contribution is -2.61. The number of rotatable bonds is 2. The number of fused-ring (bicyclic) bond motifs is 18. The minimum absolute atomic E-state index is 0.123. The molecule has 0 atom stereocenters. The van der Waals surface area contributed by atoms with E-state index in [1.807, 2.05) is 0 Å². The first kappa shape index (κ1) is 29.2. The zero-order chi connectivity index (χ0) is 35.8. The Hall–Kier alpha value is -7.24. The van der Waals surface area contributed by atoms with E-state index in [9.17, 15) is 0 Å². The highest BCUT2D eigenvalue weighted by Gasteiger charge is 2.47. The third-order valence-electron chi connectivity index (χ3n) is 12.0. The second-order valence-corrected chi connectivity index (χ2v) is 14.7. The van der Waals surface area contributed by atoms with E-state index in [0.717, 1.165) is 77.4 Å². The Morgan fingerprint density at radius 3 is 1.16 bits per heavy atom. The molecule has 0 fully saturated rings. The highest BCUT2D eigenvalue weighted by atomic mass is 16.3. The first-order valence-electron chi connectivity index (χ1n) is 18.9. The molecular weight excluding hydrogens is 671 g/mol. The van der Waals surface area contributed by atoms with E-state index < -0.39 is 0 Å². The number of para-hydroxylation sites is 4. The molecule has 13 rings (SSSR count). The van der Waals surface area contributed by atoms with Crippen LogP contribution in [0.2, 0.25) is 0 Å². The summed E-state index contributed by atoms with van der Waals surface area (Å²) in [5, 5.41) is 9.11. The third kappa shape index (κ3) is 3.72. The minimum Gasteiger partial charge on any atom is -0.455 e. The number of anilines is 6. The van der Waals surface area contributed by atoms with Crippen LogP contribution in [0, 0.1) is 0 Å². The van der Waals surface area contributed by atoms with Crippen LogP contribution in [0.1, 0.15) is 0 Å². The van der Waals surface area contributed by atoms with E-state index in [1.54, 1.807) is 0 Å². The first-order valence-corrected chi connectivity index (χ1v) is 18.9. The van der Waals surface area contributed by atoms with Gasteiger partial charge in [0, 0.05) is 44.3 Å². The molecule has 2 aliphatic rings. The molecule has 0 bridgehead atoms. The van der Waals surface area contributed by atoms with Gasteiger partial charge in [-0.05, 0) is 75.7 Å². The molecule has 11 aromatic rings. The van der Waals surface area contributed by atoms with E-state index in [2.05, 4.69) is 186 Å². The molecule has 0 aliphatic carbocycles. The summed E-state index contributed by atoms with van der Waals surface area (Å²) >= 11 is 0. The first-order chi connectivity index (χ1) is 27.3. The summed E-state index contributed by atoms with van der Waals surface area (Å²) in [6.45, 7) is -0.123. The van der Waals surface area contributed by atoms with Crippen molar-refractivity contribution < 1.29 is 8.83 Å². The molecule has 5 heteroatoms. The maximum atomic E-state index is 6.87. The van der Waals surface area contributed by atoms with E-state index in [1.165, 1.54) is 38.5 Å². The molecule has 254 valence electrons. The Kier molecular flexibility index (Phi) is 5.68. The molecule has 4 heterocycles. The van der Waals surface area contributed by atoms with Gasteiger partial charge in [0.2, 0.25) is 0 Å². The van der Waals surface area contributed by atoms with Gasteiger partial charge >= 0.3 is 0 Å². The Bertz CT molecular complexity index is 3180. The van der Waals surface area contributed by atoms with Gasteiger partial charge in [0.25, 0.3) is 6.71 Å². The van der Waals surface area contributed by atoms with Gasteiger partial charge in [-0.15, -0.1) is 0 Å². The van der Waals surface area contributed by atoms with Crippen LogP contribution < -0.4 is 26.2 Å². The van der Waals surface area contributed by atoms with Crippen LogP contribution in [0.15, 0.2) is 185 Å². The van der Waals surface area contributed by atoms with Crippen molar-refractivity contribution in [2.75, 3.05) is 9.80 Å². The predicted octanol–water partition coefficient (Wildman–Crippen LogP) is 11.9. The van der Waals surface area contributed by atoms with E-state index in [4.69, 9.17) is 8.83 Å². The largest absolute Gasteiger partial charge is 0.455 e. The topological polar surface area (TPSA) is 32.8 Å². The average molecular weight is 701 g/mol. The molecule has 0 N–H and O–H groups in total. The minimum atomic E-state index is -0.123. The second-order valence-electron chi connectivity index (χ2n) is 14.7. The quantitative estimate of drug-likeness (QED) is 0.168. The lowest BCUT2D eigenvalue weighted by atomic mass is 9.32. The molecule has 0 unspecified atom stereocenters. The van der Waals surface area contributed by atoms with Crippen LogP contribution in [0.4, 0.5) is 34.1 Å². The summed E-state index contributed by atoms with van der Waals surface area (Å²) in [7, 11) is 0. The van der Waals surface area contributed by atoms with Crippen molar-refractivity contribution in [3.63, 3.8) is 0 Å². The zero-order valence-electron chi connectivity index (χ0n) is 29.5.